The zero-order chi connectivity index (χ0) is 8.53. The van der Waals surface area contributed by atoms with E-state index in [0.29, 0.717) is 5.75 Å². The Hall–Kier alpha value is -0.400. The molecule has 0 aliphatic rings. The second-order valence-electron chi connectivity index (χ2n) is 1.76. The molecular weight excluding hydrogens is 194 g/mol. The maximum atomic E-state index is 8.30. The highest BCUT2D eigenvalue weighted by Gasteiger charge is 1.94. The molecule has 0 aromatic heterocycles. The normalized spacial score (nSPS) is 9.92. The van der Waals surface area contributed by atoms with Gasteiger partial charge in [0, 0.05) is 13.1 Å². The van der Waals surface area contributed by atoms with Gasteiger partial charge in [-0.1, -0.05) is 11.8 Å². The topological polar surface area (TPSA) is 48.2 Å². The number of hydrogen-bond donors (Lipinski definition) is 1. The van der Waals surface area contributed by atoms with E-state index in [9.17, 15) is 0 Å². The fraction of sp³-hybridized carbons (Fsp3) is 0.714. The van der Waals surface area contributed by atoms with Crippen LogP contribution in [0.15, 0.2) is 4.99 Å². The van der Waals surface area contributed by atoms with E-state index >= 15 is 0 Å². The van der Waals surface area contributed by atoms with Crippen molar-refractivity contribution in [3.05, 3.63) is 0 Å². The summed E-state index contributed by atoms with van der Waals surface area (Å²) in [5.74, 6) is 0.464. The molecule has 0 heterocycles. The van der Waals surface area contributed by atoms with Gasteiger partial charge in [0.25, 0.3) is 0 Å². The Morgan fingerprint density at radius 2 is 2.25 bits per heavy atom. The molecule has 0 unspecified atom stereocenters. The average Bonchev–Trinajstić information content (AvgIpc) is 2.01. The first-order valence-electron chi connectivity index (χ1n) is 3.63. The Kier molecular flexibility index (Phi) is 12.5. The van der Waals surface area contributed by atoms with Gasteiger partial charge >= 0.3 is 0 Å². The molecule has 12 heavy (non-hydrogen) atoms. The second kappa shape index (κ2) is 10.6. The minimum absolute atomic E-state index is 0. The third kappa shape index (κ3) is 7.70. The second-order valence-corrected chi connectivity index (χ2v) is 2.72. The molecule has 0 spiro atoms. The summed E-state index contributed by atoms with van der Waals surface area (Å²) in [6, 6.07) is 2.06. The van der Waals surface area contributed by atoms with Crippen molar-refractivity contribution in [2.24, 2.45) is 4.99 Å². The lowest BCUT2D eigenvalue weighted by atomic mass is 10.7. The number of hydrogen-bond acceptors (Lipinski definition) is 3. The lowest BCUT2D eigenvalue weighted by Gasteiger charge is -2.03. The number of nitrogens with one attached hydrogen (secondary N) is 1. The molecular formula is C7H14ClN3S. The summed E-state index contributed by atoms with van der Waals surface area (Å²) in [6.45, 7) is 5.61. The molecule has 0 saturated heterocycles. The van der Waals surface area contributed by atoms with Crippen molar-refractivity contribution in [3.63, 3.8) is 0 Å². The van der Waals surface area contributed by atoms with Gasteiger partial charge in [-0.2, -0.15) is 5.26 Å². The van der Waals surface area contributed by atoms with Crippen LogP contribution in [0.2, 0.25) is 0 Å². The fourth-order valence-electron chi connectivity index (χ4n) is 0.548. The summed E-state index contributed by atoms with van der Waals surface area (Å²) in [5.41, 5.74) is 0. The molecule has 0 rings (SSSR count). The molecule has 5 heteroatoms. The van der Waals surface area contributed by atoms with E-state index in [4.69, 9.17) is 5.26 Å². The molecule has 0 aliphatic carbocycles. The monoisotopic (exact) mass is 207 g/mol. The van der Waals surface area contributed by atoms with Gasteiger partial charge in [-0.05, 0) is 13.8 Å². The largest absolute Gasteiger partial charge is 0.365 e. The molecule has 0 atom stereocenters. The summed E-state index contributed by atoms with van der Waals surface area (Å²) in [5, 5.41) is 12.2. The van der Waals surface area contributed by atoms with Crippen LogP contribution in [0, 0.1) is 11.3 Å². The van der Waals surface area contributed by atoms with Crippen LogP contribution in [0.1, 0.15) is 13.8 Å². The summed E-state index contributed by atoms with van der Waals surface area (Å²) in [7, 11) is 0. The lowest BCUT2D eigenvalue weighted by molar-refractivity contribution is 0.965. The number of thioether (sulfide) groups is 1. The highest BCUT2D eigenvalue weighted by molar-refractivity contribution is 8.14. The van der Waals surface area contributed by atoms with Crippen molar-refractivity contribution in [1.82, 2.24) is 5.32 Å². The molecule has 1 N–H and O–H groups in total. The SMILES string of the molecule is CCN=C(NCC)SCC#N.Cl. The lowest BCUT2D eigenvalue weighted by Crippen LogP contribution is -2.20. The van der Waals surface area contributed by atoms with Crippen LogP contribution >= 0.6 is 24.2 Å². The maximum absolute atomic E-state index is 8.30. The van der Waals surface area contributed by atoms with Gasteiger partial charge in [-0.25, -0.2) is 0 Å². The van der Waals surface area contributed by atoms with Crippen LogP contribution in [-0.2, 0) is 0 Å². The van der Waals surface area contributed by atoms with Crippen molar-refractivity contribution >= 4 is 29.3 Å². The van der Waals surface area contributed by atoms with Crippen molar-refractivity contribution in [2.75, 3.05) is 18.8 Å². The minimum atomic E-state index is 0. The Labute approximate surface area is 84.0 Å². The van der Waals surface area contributed by atoms with Gasteiger partial charge in [0.1, 0.15) is 0 Å². The van der Waals surface area contributed by atoms with E-state index in [0.717, 1.165) is 18.3 Å². The summed E-state index contributed by atoms with van der Waals surface area (Å²) in [6.07, 6.45) is 0. The summed E-state index contributed by atoms with van der Waals surface area (Å²) in [4.78, 5) is 4.17. The number of rotatable bonds is 3. The zero-order valence-electron chi connectivity index (χ0n) is 7.33. The Bertz CT molecular complexity index is 165. The first-order valence-corrected chi connectivity index (χ1v) is 4.61. The molecule has 0 bridgehead atoms. The standard InChI is InChI=1S/C7H13N3S.ClH/c1-3-9-7(10-4-2)11-6-5-8;/h3-4,6H2,1-2H3,(H,9,10);1H. The van der Waals surface area contributed by atoms with Crippen molar-refractivity contribution in [3.8, 4) is 6.07 Å². The van der Waals surface area contributed by atoms with Gasteiger partial charge in [-0.15, -0.1) is 12.4 Å². The van der Waals surface area contributed by atoms with E-state index in [2.05, 4.69) is 16.4 Å². The van der Waals surface area contributed by atoms with Crippen LogP contribution in [0.3, 0.4) is 0 Å². The van der Waals surface area contributed by atoms with Crippen LogP contribution in [0.5, 0.6) is 0 Å². The van der Waals surface area contributed by atoms with Crippen molar-refractivity contribution < 1.29 is 0 Å². The highest BCUT2D eigenvalue weighted by Crippen LogP contribution is 1.99. The number of aliphatic imine (C=N–C) groups is 1. The van der Waals surface area contributed by atoms with Gasteiger partial charge in [-0.3, -0.25) is 4.99 Å². The first kappa shape index (κ1) is 14.1. The van der Waals surface area contributed by atoms with Gasteiger partial charge in [0.2, 0.25) is 0 Å². The quantitative estimate of drug-likeness (QED) is 0.566. The maximum Gasteiger partial charge on any atom is 0.157 e. The van der Waals surface area contributed by atoms with Gasteiger partial charge in [0.15, 0.2) is 5.17 Å². The van der Waals surface area contributed by atoms with E-state index in [-0.39, 0.29) is 12.4 Å². The Morgan fingerprint density at radius 1 is 1.58 bits per heavy atom. The van der Waals surface area contributed by atoms with Crippen LogP contribution in [0.4, 0.5) is 0 Å². The predicted molar refractivity (Wildman–Crippen MR) is 57.0 cm³/mol. The third-order valence-corrected chi connectivity index (χ3v) is 1.72. The number of amidine groups is 1. The molecule has 0 radical (unpaired) electrons. The Morgan fingerprint density at radius 3 is 2.67 bits per heavy atom. The summed E-state index contributed by atoms with van der Waals surface area (Å²) < 4.78 is 0. The molecule has 3 nitrogen and oxygen atoms in total. The molecule has 0 aromatic carbocycles. The van der Waals surface area contributed by atoms with Crippen LogP contribution in [0.25, 0.3) is 0 Å². The molecule has 0 amide bonds. The third-order valence-electron chi connectivity index (χ3n) is 0.903. The minimum Gasteiger partial charge on any atom is -0.365 e. The molecule has 0 saturated carbocycles. The molecule has 0 aliphatic heterocycles. The van der Waals surface area contributed by atoms with Gasteiger partial charge < -0.3 is 5.32 Å². The highest BCUT2D eigenvalue weighted by atomic mass is 35.5. The zero-order valence-corrected chi connectivity index (χ0v) is 8.97. The Balaban J connectivity index is 0. The van der Waals surface area contributed by atoms with E-state index < -0.39 is 0 Å². The molecule has 0 fully saturated rings. The smallest absolute Gasteiger partial charge is 0.157 e. The predicted octanol–water partition coefficient (Wildman–Crippen LogP) is 1.65. The van der Waals surface area contributed by atoms with Crippen molar-refractivity contribution in [2.45, 2.75) is 13.8 Å². The van der Waals surface area contributed by atoms with Crippen LogP contribution < -0.4 is 5.32 Å². The van der Waals surface area contributed by atoms with Crippen LogP contribution in [-0.4, -0.2) is 24.0 Å². The number of nitrogens with zero attached hydrogens (tertiary/aromatic N) is 2. The molecule has 70 valence electrons. The molecule has 0 aromatic rings. The van der Waals surface area contributed by atoms with Crippen molar-refractivity contribution in [1.29, 1.82) is 5.26 Å². The first-order chi connectivity index (χ1) is 5.35. The average molecular weight is 208 g/mol. The van der Waals surface area contributed by atoms with E-state index in [1.54, 1.807) is 0 Å². The number of halogens is 1. The fourth-order valence-corrected chi connectivity index (χ4v) is 1.22. The van der Waals surface area contributed by atoms with Gasteiger partial charge in [0.05, 0.1) is 11.8 Å². The van der Waals surface area contributed by atoms with E-state index in [1.807, 2.05) is 13.8 Å². The summed E-state index contributed by atoms with van der Waals surface area (Å²) >= 11 is 1.45. The van der Waals surface area contributed by atoms with E-state index in [1.165, 1.54) is 11.8 Å². The number of nitriles is 1.